The van der Waals surface area contributed by atoms with Gasteiger partial charge >= 0.3 is 0 Å². The van der Waals surface area contributed by atoms with Crippen LogP contribution in [0.2, 0.25) is 5.02 Å². The lowest BCUT2D eigenvalue weighted by molar-refractivity contribution is 0.318. The van der Waals surface area contributed by atoms with Gasteiger partial charge in [0.1, 0.15) is 4.83 Å². The van der Waals surface area contributed by atoms with Gasteiger partial charge < -0.3 is 4.90 Å². The molecule has 1 aliphatic heterocycles. The van der Waals surface area contributed by atoms with Crippen LogP contribution in [0.4, 0.5) is 0 Å². The average Bonchev–Trinajstić information content (AvgIpc) is 3.22. The number of hydrogen-bond acceptors (Lipinski definition) is 6. The highest BCUT2D eigenvalue weighted by Gasteiger charge is 2.26. The summed E-state index contributed by atoms with van der Waals surface area (Å²) in [5.41, 5.74) is 1.81. The molecule has 4 heterocycles. The molecule has 0 unspecified atom stereocenters. The molecule has 4 aromatic rings. The highest BCUT2D eigenvalue weighted by molar-refractivity contribution is 7.98. The smallest absolute Gasteiger partial charge is 0.268 e. The van der Waals surface area contributed by atoms with E-state index >= 15 is 0 Å². The zero-order valence-electron chi connectivity index (χ0n) is 14.8. The van der Waals surface area contributed by atoms with E-state index in [0.29, 0.717) is 16.5 Å². The zero-order chi connectivity index (χ0) is 18.7. The van der Waals surface area contributed by atoms with Crippen molar-refractivity contribution >= 4 is 50.7 Å². The third kappa shape index (κ3) is 2.55. The summed E-state index contributed by atoms with van der Waals surface area (Å²) in [6.45, 7) is 1.81. The number of rotatable bonds is 2. The molecule has 5 rings (SSSR count). The fourth-order valence-corrected chi connectivity index (χ4v) is 5.80. The molecule has 0 aliphatic carbocycles. The summed E-state index contributed by atoms with van der Waals surface area (Å²) >= 11 is 9.39. The summed E-state index contributed by atoms with van der Waals surface area (Å²) in [6.07, 6.45) is 2.84. The summed E-state index contributed by atoms with van der Waals surface area (Å²) < 4.78 is 3.64. The highest BCUT2D eigenvalue weighted by atomic mass is 35.5. The van der Waals surface area contributed by atoms with E-state index < -0.39 is 0 Å². The standard InChI is InChI=1S/C18H16ClN5OS2/c1-22-7-6-12-13(9-22)27-16-14(12)15(25)23(11-5-3-4-10(19)8-11)17-20-21-18(26-2)24(16)17/h3-5,8H,6-7,9H2,1-2H3. The molecule has 27 heavy (non-hydrogen) atoms. The van der Waals surface area contributed by atoms with E-state index in [0.717, 1.165) is 40.4 Å². The van der Waals surface area contributed by atoms with Gasteiger partial charge in [0.15, 0.2) is 5.16 Å². The number of halogens is 1. The molecule has 3 aromatic heterocycles. The van der Waals surface area contributed by atoms with E-state index in [2.05, 4.69) is 22.1 Å². The second-order valence-corrected chi connectivity index (χ2v) is 8.91. The topological polar surface area (TPSA) is 55.4 Å². The van der Waals surface area contributed by atoms with E-state index in [4.69, 9.17) is 11.6 Å². The first-order valence-electron chi connectivity index (χ1n) is 8.51. The van der Waals surface area contributed by atoms with Crippen molar-refractivity contribution in [1.29, 1.82) is 0 Å². The molecule has 1 aliphatic rings. The molecule has 1 aromatic carbocycles. The van der Waals surface area contributed by atoms with Crippen LogP contribution in [-0.2, 0) is 13.0 Å². The van der Waals surface area contributed by atoms with Gasteiger partial charge in [-0.25, -0.2) is 8.97 Å². The Kier molecular flexibility index (Phi) is 4.05. The summed E-state index contributed by atoms with van der Waals surface area (Å²) in [5.74, 6) is 0.520. The molecule has 0 atom stereocenters. The third-order valence-electron chi connectivity index (χ3n) is 4.91. The van der Waals surface area contributed by atoms with Crippen molar-refractivity contribution in [2.75, 3.05) is 19.8 Å². The summed E-state index contributed by atoms with van der Waals surface area (Å²) in [5, 5.41) is 10.8. The maximum absolute atomic E-state index is 13.6. The summed E-state index contributed by atoms with van der Waals surface area (Å²) in [6, 6.07) is 7.30. The normalized spacial score (nSPS) is 14.9. The minimum absolute atomic E-state index is 0.0538. The Balaban J connectivity index is 1.97. The van der Waals surface area contributed by atoms with Crippen LogP contribution in [0.15, 0.2) is 34.2 Å². The molecule has 0 bridgehead atoms. The second kappa shape index (κ2) is 6.34. The van der Waals surface area contributed by atoms with Gasteiger partial charge in [0.05, 0.1) is 11.1 Å². The molecule has 6 nitrogen and oxygen atoms in total. The van der Waals surface area contributed by atoms with Crippen LogP contribution in [-0.4, -0.2) is 43.9 Å². The number of aromatic nitrogens is 4. The zero-order valence-corrected chi connectivity index (χ0v) is 17.2. The van der Waals surface area contributed by atoms with Gasteiger partial charge in [-0.3, -0.25) is 4.79 Å². The number of nitrogens with zero attached hydrogens (tertiary/aromatic N) is 5. The lowest BCUT2D eigenvalue weighted by Gasteiger charge is -2.21. The molecule has 0 fully saturated rings. The lowest BCUT2D eigenvalue weighted by Crippen LogP contribution is -2.27. The molecule has 138 valence electrons. The van der Waals surface area contributed by atoms with Crippen LogP contribution >= 0.6 is 34.7 Å². The Morgan fingerprint density at radius 2 is 2.15 bits per heavy atom. The molecule has 0 radical (unpaired) electrons. The molecule has 9 heteroatoms. The first kappa shape index (κ1) is 17.2. The van der Waals surface area contributed by atoms with E-state index in [-0.39, 0.29) is 5.56 Å². The van der Waals surface area contributed by atoms with Crippen molar-refractivity contribution in [2.45, 2.75) is 18.1 Å². The van der Waals surface area contributed by atoms with Gasteiger partial charge in [0.25, 0.3) is 5.56 Å². The predicted molar refractivity (Wildman–Crippen MR) is 111 cm³/mol. The van der Waals surface area contributed by atoms with Gasteiger partial charge in [-0.15, -0.1) is 21.5 Å². The van der Waals surface area contributed by atoms with E-state index in [9.17, 15) is 4.79 Å². The van der Waals surface area contributed by atoms with Crippen LogP contribution in [0.25, 0.3) is 21.7 Å². The predicted octanol–water partition coefficient (Wildman–Crippen LogP) is 3.46. The Hall–Kier alpha value is -1.87. The van der Waals surface area contributed by atoms with Crippen molar-refractivity contribution in [3.8, 4) is 5.69 Å². The number of thiophene rings is 1. The minimum atomic E-state index is -0.0538. The first-order valence-corrected chi connectivity index (χ1v) is 10.9. The van der Waals surface area contributed by atoms with E-state index in [1.165, 1.54) is 16.6 Å². The minimum Gasteiger partial charge on any atom is -0.301 e. The largest absolute Gasteiger partial charge is 0.301 e. The molecule has 0 spiro atoms. The van der Waals surface area contributed by atoms with Crippen molar-refractivity contribution in [3.63, 3.8) is 0 Å². The first-order chi connectivity index (χ1) is 13.1. The van der Waals surface area contributed by atoms with Crippen molar-refractivity contribution in [3.05, 3.63) is 50.1 Å². The molecule has 0 saturated carbocycles. The summed E-state index contributed by atoms with van der Waals surface area (Å²) in [7, 11) is 2.11. The Bertz CT molecular complexity index is 1260. The molecular formula is C18H16ClN5OS2. The third-order valence-corrected chi connectivity index (χ3v) is 6.98. The molecule has 0 saturated heterocycles. The average molecular weight is 418 g/mol. The number of likely N-dealkylation sites (N-methyl/N-ethyl adjacent to an activating group) is 1. The van der Waals surface area contributed by atoms with Gasteiger partial charge in [-0.05, 0) is 43.5 Å². The van der Waals surface area contributed by atoms with Crippen LogP contribution in [0.1, 0.15) is 10.4 Å². The Morgan fingerprint density at radius 1 is 1.30 bits per heavy atom. The van der Waals surface area contributed by atoms with E-state index in [1.54, 1.807) is 28.0 Å². The van der Waals surface area contributed by atoms with Crippen LogP contribution in [0.5, 0.6) is 0 Å². The van der Waals surface area contributed by atoms with Gasteiger partial charge in [-0.2, -0.15) is 0 Å². The molecule has 0 N–H and O–H groups in total. The van der Waals surface area contributed by atoms with Crippen LogP contribution < -0.4 is 5.56 Å². The monoisotopic (exact) mass is 417 g/mol. The molecular weight excluding hydrogens is 402 g/mol. The van der Waals surface area contributed by atoms with Crippen molar-refractivity contribution in [2.24, 2.45) is 0 Å². The SMILES string of the molecule is CSc1nnc2n(-c3cccc(Cl)c3)c(=O)c3c4c(sc3n12)CN(C)CC4. The lowest BCUT2D eigenvalue weighted by atomic mass is 10.1. The number of fused-ring (bicyclic) bond motifs is 5. The summed E-state index contributed by atoms with van der Waals surface area (Å²) in [4.78, 5) is 18.1. The van der Waals surface area contributed by atoms with Gasteiger partial charge in [-0.1, -0.05) is 29.4 Å². The van der Waals surface area contributed by atoms with Crippen molar-refractivity contribution < 1.29 is 0 Å². The second-order valence-electron chi connectivity index (χ2n) is 6.61. The van der Waals surface area contributed by atoms with Gasteiger partial charge in [0, 0.05) is 23.0 Å². The highest BCUT2D eigenvalue weighted by Crippen LogP contribution is 2.35. The van der Waals surface area contributed by atoms with Gasteiger partial charge in [0.2, 0.25) is 5.78 Å². The quantitative estimate of drug-likeness (QED) is 0.467. The number of thioether (sulfide) groups is 1. The number of benzene rings is 1. The van der Waals surface area contributed by atoms with Crippen LogP contribution in [0, 0.1) is 0 Å². The maximum Gasteiger partial charge on any atom is 0.268 e. The Labute approximate surface area is 168 Å². The fraction of sp³-hybridized carbons (Fsp3) is 0.278. The fourth-order valence-electron chi connectivity index (χ4n) is 3.66. The Morgan fingerprint density at radius 3 is 2.93 bits per heavy atom. The van der Waals surface area contributed by atoms with Crippen molar-refractivity contribution in [1.82, 2.24) is 24.1 Å². The molecule has 0 amide bonds. The van der Waals surface area contributed by atoms with E-state index in [1.807, 2.05) is 22.8 Å². The number of hydrogen-bond donors (Lipinski definition) is 0. The maximum atomic E-state index is 13.6. The van der Waals surface area contributed by atoms with Crippen LogP contribution in [0.3, 0.4) is 0 Å².